The highest BCUT2D eigenvalue weighted by Gasteiger charge is 2.20. The van der Waals surface area contributed by atoms with Gasteiger partial charge in [-0.1, -0.05) is 0 Å². The summed E-state index contributed by atoms with van der Waals surface area (Å²) in [4.78, 5) is 23.8. The molecule has 0 atom stereocenters. The van der Waals surface area contributed by atoms with E-state index >= 15 is 0 Å². The van der Waals surface area contributed by atoms with E-state index in [1.807, 2.05) is 13.8 Å². The van der Waals surface area contributed by atoms with E-state index in [0.717, 1.165) is 10.4 Å². The van der Waals surface area contributed by atoms with Crippen molar-refractivity contribution in [3.63, 3.8) is 0 Å². The van der Waals surface area contributed by atoms with Gasteiger partial charge < -0.3 is 10.1 Å². The summed E-state index contributed by atoms with van der Waals surface area (Å²) in [6, 6.07) is 0. The van der Waals surface area contributed by atoms with Crippen LogP contribution in [-0.4, -0.2) is 18.9 Å². The number of hydrogen-bond donors (Lipinski definition) is 1. The Kier molecular flexibility index (Phi) is 4.67. The monoisotopic (exact) mass is 267 g/mol. The number of carbonyl (C=O) groups excluding carboxylic acids is 2. The van der Waals surface area contributed by atoms with Crippen LogP contribution in [0.4, 0.5) is 5.00 Å². The van der Waals surface area contributed by atoms with Crippen LogP contribution in [-0.2, 0) is 9.53 Å². The maximum absolute atomic E-state index is 11.7. The Balaban J connectivity index is 3.13. The van der Waals surface area contributed by atoms with E-state index in [9.17, 15) is 9.59 Å². The van der Waals surface area contributed by atoms with E-state index in [4.69, 9.17) is 4.74 Å². The molecular weight excluding hydrogens is 250 g/mol. The van der Waals surface area contributed by atoms with Crippen LogP contribution in [0.2, 0.25) is 0 Å². The van der Waals surface area contributed by atoms with Gasteiger partial charge in [-0.15, -0.1) is 11.3 Å². The number of nitrogens with one attached hydrogen (secondary N) is 1. The maximum Gasteiger partial charge on any atom is 0.341 e. The van der Waals surface area contributed by atoms with Gasteiger partial charge in [0.05, 0.1) is 12.7 Å². The maximum atomic E-state index is 11.7. The molecule has 0 saturated heterocycles. The highest BCUT2D eigenvalue weighted by Crippen LogP contribution is 2.33. The fraction of sp³-hybridized carbons (Fsp3) is 0.385. The first-order valence-corrected chi connectivity index (χ1v) is 6.32. The topological polar surface area (TPSA) is 55.4 Å². The van der Waals surface area contributed by atoms with Crippen molar-refractivity contribution >= 4 is 28.1 Å². The minimum Gasteiger partial charge on any atom is -0.465 e. The van der Waals surface area contributed by atoms with Crippen molar-refractivity contribution < 1.29 is 14.3 Å². The molecular formula is C13H17NO3S. The Bertz CT molecular complexity index is 515. The molecule has 0 aliphatic rings. The number of methoxy groups -OCH3 is 1. The predicted octanol–water partition coefficient (Wildman–Crippen LogP) is 3.06. The van der Waals surface area contributed by atoms with E-state index in [1.165, 1.54) is 31.4 Å². The third kappa shape index (κ3) is 3.20. The van der Waals surface area contributed by atoms with Crippen LogP contribution in [0.5, 0.6) is 0 Å². The van der Waals surface area contributed by atoms with Crippen molar-refractivity contribution in [3.8, 4) is 0 Å². The summed E-state index contributed by atoms with van der Waals surface area (Å²) in [5.74, 6) is -0.403. The number of hydrogen-bond acceptors (Lipinski definition) is 5. The van der Waals surface area contributed by atoms with Crippen LogP contribution in [0, 0.1) is 13.8 Å². The number of ether oxygens (including phenoxy) is 1. The molecule has 0 unspecified atom stereocenters. The van der Waals surface area contributed by atoms with E-state index in [2.05, 4.69) is 5.32 Å². The zero-order chi connectivity index (χ0) is 13.9. The molecule has 1 aromatic rings. The molecule has 5 heteroatoms. The number of aryl methyl sites for hydroxylation is 1. The number of rotatable bonds is 4. The Morgan fingerprint density at radius 2 is 1.89 bits per heavy atom. The van der Waals surface area contributed by atoms with Gasteiger partial charge in [0.25, 0.3) is 0 Å². The fourth-order valence-corrected chi connectivity index (χ4v) is 2.69. The second-order valence-corrected chi connectivity index (χ2v) is 5.27. The van der Waals surface area contributed by atoms with Crippen molar-refractivity contribution in [2.75, 3.05) is 12.4 Å². The molecule has 0 aliphatic carbocycles. The molecule has 0 aliphatic heterocycles. The Morgan fingerprint density at radius 1 is 1.28 bits per heavy atom. The van der Waals surface area contributed by atoms with Gasteiger partial charge in [0, 0.05) is 10.6 Å². The van der Waals surface area contributed by atoms with Gasteiger partial charge in [-0.3, -0.25) is 4.79 Å². The summed E-state index contributed by atoms with van der Waals surface area (Å²) < 4.78 is 4.78. The van der Waals surface area contributed by atoms with Crippen LogP contribution in [0.1, 0.15) is 34.6 Å². The number of allylic oxidation sites excluding steroid dienone is 2. The summed E-state index contributed by atoms with van der Waals surface area (Å²) in [5, 5.41) is 3.79. The highest BCUT2D eigenvalue weighted by molar-refractivity contribution is 7.16. The smallest absolute Gasteiger partial charge is 0.341 e. The molecule has 1 N–H and O–H groups in total. The first-order chi connectivity index (χ1) is 8.36. The van der Waals surface area contributed by atoms with Crippen molar-refractivity contribution in [2.45, 2.75) is 27.7 Å². The number of carbonyl (C=O) groups is 2. The molecule has 1 aromatic heterocycles. The lowest BCUT2D eigenvalue weighted by molar-refractivity contribution is -0.112. The zero-order valence-electron chi connectivity index (χ0n) is 11.2. The minimum atomic E-state index is -0.366. The average molecular weight is 267 g/mol. The second kappa shape index (κ2) is 5.82. The normalized spacial score (nSPS) is 11.3. The van der Waals surface area contributed by atoms with Crippen LogP contribution in [0.25, 0.3) is 0 Å². The highest BCUT2D eigenvalue weighted by atomic mass is 32.1. The molecule has 4 nitrogen and oxygen atoms in total. The van der Waals surface area contributed by atoms with Crippen molar-refractivity contribution in [1.29, 1.82) is 0 Å². The lowest BCUT2D eigenvalue weighted by atomic mass is 10.1. The summed E-state index contributed by atoms with van der Waals surface area (Å²) in [7, 11) is 1.36. The van der Waals surface area contributed by atoms with Gasteiger partial charge in [0.2, 0.25) is 0 Å². The average Bonchev–Trinajstić information content (AvgIpc) is 2.52. The summed E-state index contributed by atoms with van der Waals surface area (Å²) >= 11 is 1.48. The Hall–Kier alpha value is -1.62. The van der Waals surface area contributed by atoms with Gasteiger partial charge in [-0.25, -0.2) is 4.79 Å². The molecule has 0 fully saturated rings. The molecule has 0 spiro atoms. The van der Waals surface area contributed by atoms with Gasteiger partial charge >= 0.3 is 5.97 Å². The van der Waals surface area contributed by atoms with E-state index < -0.39 is 0 Å². The molecule has 0 aromatic carbocycles. The first-order valence-electron chi connectivity index (χ1n) is 5.51. The molecule has 1 rings (SSSR count). The van der Waals surface area contributed by atoms with Gasteiger partial charge in [-0.2, -0.15) is 0 Å². The standard InChI is InChI=1S/C13H17NO3S/c1-7(6-8(2)15)14-12-11(13(16)17-5)9(3)10(4)18-12/h6,14H,1-5H3/b7-6+. The second-order valence-electron chi connectivity index (χ2n) is 4.04. The number of ketones is 1. The summed E-state index contributed by atoms with van der Waals surface area (Å²) in [5.41, 5.74) is 2.15. The van der Waals surface area contributed by atoms with E-state index in [0.29, 0.717) is 16.3 Å². The first kappa shape index (κ1) is 14.4. The van der Waals surface area contributed by atoms with Gasteiger partial charge in [0.15, 0.2) is 5.78 Å². The quantitative estimate of drug-likeness (QED) is 0.673. The third-order valence-corrected chi connectivity index (χ3v) is 3.63. The predicted molar refractivity (Wildman–Crippen MR) is 73.2 cm³/mol. The molecule has 0 bridgehead atoms. The van der Waals surface area contributed by atoms with Crippen LogP contribution >= 0.6 is 11.3 Å². The summed E-state index contributed by atoms with van der Waals surface area (Å²) in [6.07, 6.45) is 1.49. The minimum absolute atomic E-state index is 0.0374. The van der Waals surface area contributed by atoms with Gasteiger partial charge in [0.1, 0.15) is 5.00 Å². The largest absolute Gasteiger partial charge is 0.465 e. The van der Waals surface area contributed by atoms with Crippen molar-refractivity contribution in [2.24, 2.45) is 0 Å². The molecule has 0 radical (unpaired) electrons. The Labute approximate surface area is 111 Å². The number of esters is 1. The molecule has 0 amide bonds. The summed E-state index contributed by atoms with van der Waals surface area (Å²) in [6.45, 7) is 7.10. The lowest BCUT2D eigenvalue weighted by Gasteiger charge is -2.06. The van der Waals surface area contributed by atoms with E-state index in [-0.39, 0.29) is 11.8 Å². The molecule has 1 heterocycles. The SMILES string of the molecule is COC(=O)c1c(N/C(C)=C/C(C)=O)sc(C)c1C. The van der Waals surface area contributed by atoms with Crippen LogP contribution < -0.4 is 5.32 Å². The Morgan fingerprint density at radius 3 is 2.39 bits per heavy atom. The molecule has 18 heavy (non-hydrogen) atoms. The zero-order valence-corrected chi connectivity index (χ0v) is 12.0. The van der Waals surface area contributed by atoms with Crippen molar-refractivity contribution in [3.05, 3.63) is 27.8 Å². The molecule has 98 valence electrons. The number of thiophene rings is 1. The van der Waals surface area contributed by atoms with Crippen LogP contribution in [0.15, 0.2) is 11.8 Å². The van der Waals surface area contributed by atoms with Crippen molar-refractivity contribution in [1.82, 2.24) is 0 Å². The van der Waals surface area contributed by atoms with Crippen LogP contribution in [0.3, 0.4) is 0 Å². The van der Waals surface area contributed by atoms with Gasteiger partial charge in [-0.05, 0) is 39.3 Å². The lowest BCUT2D eigenvalue weighted by Crippen LogP contribution is -2.06. The van der Waals surface area contributed by atoms with E-state index in [1.54, 1.807) is 6.92 Å². The fourth-order valence-electron chi connectivity index (χ4n) is 1.58. The number of anilines is 1. The third-order valence-electron chi connectivity index (χ3n) is 2.51. The molecule has 0 saturated carbocycles.